The number of nitrogens with one attached hydrogen (secondary N) is 4. The molecule has 0 spiro atoms. The van der Waals surface area contributed by atoms with Crippen LogP contribution < -0.4 is 21.7 Å². The van der Waals surface area contributed by atoms with Crippen LogP contribution in [0.1, 0.15) is 36.7 Å². The fourth-order valence-electron chi connectivity index (χ4n) is 3.83. The normalized spacial score (nSPS) is 26.8. The number of hydrazine groups is 2. The Balaban J connectivity index is 1.52. The van der Waals surface area contributed by atoms with Crippen molar-refractivity contribution in [2.45, 2.75) is 37.4 Å². The summed E-state index contributed by atoms with van der Waals surface area (Å²) in [4.78, 5) is 17.4. The van der Waals surface area contributed by atoms with Gasteiger partial charge in [0.15, 0.2) is 0 Å². The van der Waals surface area contributed by atoms with Crippen molar-refractivity contribution in [1.29, 1.82) is 0 Å². The van der Waals surface area contributed by atoms with E-state index < -0.39 is 0 Å². The molecule has 1 amide bonds. The summed E-state index contributed by atoms with van der Waals surface area (Å²) in [6, 6.07) is 10.5. The quantitative estimate of drug-likeness (QED) is 0.661. The lowest BCUT2D eigenvalue weighted by Gasteiger charge is -2.30. The molecule has 25 heavy (non-hydrogen) atoms. The highest BCUT2D eigenvalue weighted by atomic mass is 16.2. The minimum atomic E-state index is -0.237. The minimum Gasteiger partial charge on any atom is -0.342 e. The molecule has 132 valence electrons. The molecule has 1 aromatic heterocycles. The van der Waals surface area contributed by atoms with Gasteiger partial charge in [0.05, 0.1) is 0 Å². The van der Waals surface area contributed by atoms with Crippen molar-refractivity contribution in [3.05, 3.63) is 54.1 Å². The summed E-state index contributed by atoms with van der Waals surface area (Å²) in [5.41, 5.74) is 10.4. The lowest BCUT2D eigenvalue weighted by atomic mass is 9.82. The fourth-order valence-corrected chi connectivity index (χ4v) is 3.83. The largest absolute Gasteiger partial charge is 0.342 e. The van der Waals surface area contributed by atoms with E-state index in [1.54, 1.807) is 6.20 Å². The molecule has 4 rings (SSSR count). The molecule has 1 saturated carbocycles. The molecule has 1 saturated heterocycles. The van der Waals surface area contributed by atoms with Crippen LogP contribution in [-0.4, -0.2) is 27.5 Å². The second kappa shape index (κ2) is 6.95. The maximum Gasteiger partial charge on any atom is 0.224 e. The van der Waals surface area contributed by atoms with E-state index in [4.69, 9.17) is 0 Å². The van der Waals surface area contributed by atoms with Gasteiger partial charge >= 0.3 is 0 Å². The number of rotatable bonds is 4. The van der Waals surface area contributed by atoms with Crippen molar-refractivity contribution in [3.8, 4) is 0 Å². The Labute approximate surface area is 147 Å². The predicted octanol–water partition coefficient (Wildman–Crippen LogP) is 0.775. The summed E-state index contributed by atoms with van der Waals surface area (Å²) >= 11 is 0. The molecular formula is C18H24N6O. The van der Waals surface area contributed by atoms with E-state index in [0.29, 0.717) is 12.1 Å². The highest BCUT2D eigenvalue weighted by Crippen LogP contribution is 2.28. The molecule has 0 radical (unpaired) electrons. The molecule has 2 fully saturated rings. The second-order valence-electron chi connectivity index (χ2n) is 6.89. The van der Waals surface area contributed by atoms with E-state index in [2.05, 4.69) is 26.7 Å². The lowest BCUT2D eigenvalue weighted by molar-refractivity contribution is -0.126. The van der Waals surface area contributed by atoms with Gasteiger partial charge in [0.25, 0.3) is 0 Å². The van der Waals surface area contributed by atoms with Crippen LogP contribution in [0.3, 0.4) is 0 Å². The van der Waals surface area contributed by atoms with Gasteiger partial charge in [-0.3, -0.25) is 4.79 Å². The van der Waals surface area contributed by atoms with Gasteiger partial charge in [0.1, 0.15) is 11.9 Å². The molecule has 4 atom stereocenters. The summed E-state index contributed by atoms with van der Waals surface area (Å²) < 4.78 is 1.96. The van der Waals surface area contributed by atoms with Crippen molar-refractivity contribution in [1.82, 2.24) is 31.3 Å². The number of hydrogen-bond donors (Lipinski definition) is 4. The van der Waals surface area contributed by atoms with Crippen molar-refractivity contribution in [3.63, 3.8) is 0 Å². The Morgan fingerprint density at radius 3 is 2.80 bits per heavy atom. The molecule has 0 bridgehead atoms. The van der Waals surface area contributed by atoms with E-state index in [9.17, 15) is 4.79 Å². The number of carbonyl (C=O) groups is 1. The number of nitrogens with zero attached hydrogens (tertiary/aromatic N) is 2. The van der Waals surface area contributed by atoms with E-state index in [1.165, 1.54) is 0 Å². The molecule has 2 aromatic rings. The Bertz CT molecular complexity index is 730. The van der Waals surface area contributed by atoms with Gasteiger partial charge in [-0.25, -0.2) is 15.8 Å². The van der Waals surface area contributed by atoms with Gasteiger partial charge in [0.2, 0.25) is 5.91 Å². The third kappa shape index (κ3) is 3.30. The predicted molar refractivity (Wildman–Crippen MR) is 94.0 cm³/mol. The molecule has 7 nitrogen and oxygen atoms in total. The standard InChI is InChI=1S/C18H24N6O/c1-24-10-9-19-17(24)16(12-5-3-2-4-6-12)20-18(25)13-7-8-14-15(11-13)22-23-21-14/h2-6,9-10,13-16,21-23H,7-8,11H2,1H3,(H,20,25). The summed E-state index contributed by atoms with van der Waals surface area (Å²) in [5.74, 6) is 0.960. The second-order valence-corrected chi connectivity index (χ2v) is 6.89. The highest BCUT2D eigenvalue weighted by Gasteiger charge is 2.37. The number of hydrogen-bond acceptors (Lipinski definition) is 5. The van der Waals surface area contributed by atoms with Crippen molar-refractivity contribution in [2.24, 2.45) is 13.0 Å². The fraction of sp³-hybridized carbons (Fsp3) is 0.444. The molecule has 7 heteroatoms. The first kappa shape index (κ1) is 16.3. The lowest BCUT2D eigenvalue weighted by Crippen LogP contribution is -2.45. The van der Waals surface area contributed by atoms with E-state index in [0.717, 1.165) is 30.7 Å². The van der Waals surface area contributed by atoms with Crippen LogP contribution in [0.25, 0.3) is 0 Å². The van der Waals surface area contributed by atoms with Crippen LogP contribution in [0, 0.1) is 5.92 Å². The van der Waals surface area contributed by atoms with Crippen LogP contribution in [-0.2, 0) is 11.8 Å². The number of amides is 1. The van der Waals surface area contributed by atoms with E-state index >= 15 is 0 Å². The summed E-state index contributed by atoms with van der Waals surface area (Å²) in [6.45, 7) is 0. The zero-order chi connectivity index (χ0) is 17.2. The molecule has 1 aliphatic heterocycles. The van der Waals surface area contributed by atoms with Gasteiger partial charge < -0.3 is 9.88 Å². The highest BCUT2D eigenvalue weighted by molar-refractivity contribution is 5.79. The first-order valence-corrected chi connectivity index (χ1v) is 8.81. The van der Waals surface area contributed by atoms with E-state index in [1.807, 2.05) is 48.1 Å². The Morgan fingerprint density at radius 2 is 2.04 bits per heavy atom. The number of aryl methyl sites for hydroxylation is 1. The number of fused-ring (bicyclic) bond motifs is 1. The maximum atomic E-state index is 13.0. The van der Waals surface area contributed by atoms with Gasteiger partial charge in [-0.15, -0.1) is 0 Å². The van der Waals surface area contributed by atoms with Gasteiger partial charge in [0, 0.05) is 37.4 Å². The summed E-state index contributed by atoms with van der Waals surface area (Å²) in [7, 11) is 1.95. The molecule has 4 unspecified atom stereocenters. The third-order valence-electron chi connectivity index (χ3n) is 5.27. The Kier molecular flexibility index (Phi) is 4.52. The van der Waals surface area contributed by atoms with Crippen molar-refractivity contribution >= 4 is 5.91 Å². The molecule has 4 N–H and O–H groups in total. The molecule has 2 aliphatic rings. The van der Waals surface area contributed by atoms with Gasteiger partial charge in [-0.2, -0.15) is 5.53 Å². The third-order valence-corrected chi connectivity index (χ3v) is 5.27. The van der Waals surface area contributed by atoms with Gasteiger partial charge in [-0.05, 0) is 24.8 Å². The number of aromatic nitrogens is 2. The zero-order valence-electron chi connectivity index (χ0n) is 14.3. The zero-order valence-corrected chi connectivity index (χ0v) is 14.3. The minimum absolute atomic E-state index is 0.0157. The van der Waals surface area contributed by atoms with Crippen LogP contribution in [0.5, 0.6) is 0 Å². The van der Waals surface area contributed by atoms with Gasteiger partial charge in [-0.1, -0.05) is 30.3 Å². The number of imidazole rings is 1. The summed E-state index contributed by atoms with van der Waals surface area (Å²) in [6.07, 6.45) is 6.38. The van der Waals surface area contributed by atoms with E-state index in [-0.39, 0.29) is 17.9 Å². The van der Waals surface area contributed by atoms with Crippen LogP contribution in [0.2, 0.25) is 0 Å². The molecule has 1 aromatic carbocycles. The first-order valence-electron chi connectivity index (χ1n) is 8.81. The number of benzene rings is 1. The van der Waals surface area contributed by atoms with Crippen LogP contribution in [0.4, 0.5) is 0 Å². The average Bonchev–Trinajstić information content (AvgIpc) is 3.28. The topological polar surface area (TPSA) is 83.0 Å². The average molecular weight is 340 g/mol. The smallest absolute Gasteiger partial charge is 0.224 e. The number of carbonyl (C=O) groups excluding carboxylic acids is 1. The molecular weight excluding hydrogens is 316 g/mol. The first-order chi connectivity index (χ1) is 12.2. The summed E-state index contributed by atoms with van der Waals surface area (Å²) in [5, 5.41) is 3.24. The maximum absolute atomic E-state index is 13.0. The molecule has 2 heterocycles. The van der Waals surface area contributed by atoms with Crippen LogP contribution >= 0.6 is 0 Å². The Morgan fingerprint density at radius 1 is 1.24 bits per heavy atom. The van der Waals surface area contributed by atoms with Crippen LogP contribution in [0.15, 0.2) is 42.7 Å². The molecule has 1 aliphatic carbocycles. The van der Waals surface area contributed by atoms with Crippen molar-refractivity contribution < 1.29 is 4.79 Å². The van der Waals surface area contributed by atoms with Crippen molar-refractivity contribution in [2.75, 3.05) is 0 Å². The Hall–Kier alpha value is -2.22. The monoisotopic (exact) mass is 340 g/mol. The SMILES string of the molecule is Cn1ccnc1C(NC(=O)C1CCC2NNNC2C1)c1ccccc1.